The Bertz CT molecular complexity index is 535. The fourth-order valence-corrected chi connectivity index (χ4v) is 3.13. The average Bonchev–Trinajstić information content (AvgIpc) is 2.70. The van der Waals surface area contributed by atoms with Crippen molar-refractivity contribution in [3.05, 3.63) is 29.3 Å². The van der Waals surface area contributed by atoms with Gasteiger partial charge in [0, 0.05) is 17.4 Å². The lowest BCUT2D eigenvalue weighted by atomic mass is 9.75. The number of fused-ring (bicyclic) bond motifs is 1. The van der Waals surface area contributed by atoms with Gasteiger partial charge in [0.25, 0.3) is 0 Å². The highest BCUT2D eigenvalue weighted by Gasteiger charge is 2.44. The van der Waals surface area contributed by atoms with Gasteiger partial charge in [-0.25, -0.2) is 0 Å². The monoisotopic (exact) mass is 276 g/mol. The highest BCUT2D eigenvalue weighted by Crippen LogP contribution is 2.44. The second kappa shape index (κ2) is 5.65. The molecule has 1 aliphatic carbocycles. The lowest BCUT2D eigenvalue weighted by Gasteiger charge is -2.26. The first-order valence-corrected chi connectivity index (χ1v) is 6.96. The second-order valence-corrected chi connectivity index (χ2v) is 5.45. The molecule has 1 aromatic rings. The van der Waals surface area contributed by atoms with Crippen LogP contribution in [0.15, 0.2) is 18.2 Å². The summed E-state index contributed by atoms with van der Waals surface area (Å²) in [4.78, 5) is 23.6. The Kier molecular flexibility index (Phi) is 4.12. The van der Waals surface area contributed by atoms with Crippen LogP contribution in [0.4, 0.5) is 0 Å². The van der Waals surface area contributed by atoms with E-state index in [9.17, 15) is 9.59 Å². The number of aliphatic carboxylic acids is 1. The molecule has 0 heterocycles. The van der Waals surface area contributed by atoms with Crippen LogP contribution in [-0.4, -0.2) is 24.0 Å². The van der Waals surface area contributed by atoms with E-state index in [2.05, 4.69) is 0 Å². The molecule has 4 heteroatoms. The summed E-state index contributed by atoms with van der Waals surface area (Å²) < 4.78 is 5.17. The largest absolute Gasteiger partial charge is 0.497 e. The maximum absolute atomic E-state index is 12.7. The zero-order valence-corrected chi connectivity index (χ0v) is 11.9. The first-order chi connectivity index (χ1) is 9.52. The number of carboxylic acids is 1. The Morgan fingerprint density at radius 3 is 2.75 bits per heavy atom. The number of carboxylic acid groups (broad SMARTS) is 1. The number of methoxy groups -OCH3 is 1. The predicted molar refractivity (Wildman–Crippen MR) is 75.2 cm³/mol. The van der Waals surface area contributed by atoms with Crippen molar-refractivity contribution < 1.29 is 19.4 Å². The molecule has 0 bridgehead atoms. The van der Waals surface area contributed by atoms with Gasteiger partial charge in [0.15, 0.2) is 5.78 Å². The van der Waals surface area contributed by atoms with Gasteiger partial charge in [-0.05, 0) is 37.0 Å². The van der Waals surface area contributed by atoms with Crippen molar-refractivity contribution >= 4 is 11.8 Å². The van der Waals surface area contributed by atoms with Crippen LogP contribution in [0.3, 0.4) is 0 Å². The predicted octanol–water partition coefficient (Wildman–Crippen LogP) is 3.09. The van der Waals surface area contributed by atoms with Crippen molar-refractivity contribution in [2.45, 2.75) is 39.0 Å². The fourth-order valence-electron chi connectivity index (χ4n) is 3.13. The van der Waals surface area contributed by atoms with Gasteiger partial charge in [-0.15, -0.1) is 0 Å². The van der Waals surface area contributed by atoms with E-state index in [0.29, 0.717) is 24.2 Å². The molecule has 1 N–H and O–H groups in total. The lowest BCUT2D eigenvalue weighted by Crippen LogP contribution is -2.28. The lowest BCUT2D eigenvalue weighted by molar-refractivity contribution is -0.137. The number of carbonyl (C=O) groups excluding carboxylic acids is 1. The topological polar surface area (TPSA) is 63.6 Å². The maximum Gasteiger partial charge on any atom is 0.303 e. The Hall–Kier alpha value is -1.84. The van der Waals surface area contributed by atoms with Crippen molar-refractivity contribution in [2.75, 3.05) is 7.11 Å². The van der Waals surface area contributed by atoms with Gasteiger partial charge in [-0.2, -0.15) is 0 Å². The van der Waals surface area contributed by atoms with Gasteiger partial charge >= 0.3 is 5.97 Å². The van der Waals surface area contributed by atoms with Crippen molar-refractivity contribution in [1.29, 1.82) is 0 Å². The van der Waals surface area contributed by atoms with E-state index in [0.717, 1.165) is 18.4 Å². The number of ether oxygens (including phenoxy) is 1. The van der Waals surface area contributed by atoms with E-state index in [4.69, 9.17) is 9.84 Å². The van der Waals surface area contributed by atoms with Crippen LogP contribution >= 0.6 is 0 Å². The smallest absolute Gasteiger partial charge is 0.303 e. The minimum atomic E-state index is -0.846. The maximum atomic E-state index is 12.7. The van der Waals surface area contributed by atoms with Crippen molar-refractivity contribution in [3.8, 4) is 5.75 Å². The van der Waals surface area contributed by atoms with E-state index in [1.165, 1.54) is 0 Å². The molecule has 0 aliphatic heterocycles. The molecule has 4 nitrogen and oxygen atoms in total. The highest BCUT2D eigenvalue weighted by molar-refractivity contribution is 6.05. The van der Waals surface area contributed by atoms with Gasteiger partial charge in [0.1, 0.15) is 5.75 Å². The SMILES string of the molecule is CCC[C@]1(CCC(=O)O)Cc2ccc(OC)cc2C1=O. The van der Waals surface area contributed by atoms with Crippen LogP contribution in [0.5, 0.6) is 5.75 Å². The molecule has 108 valence electrons. The summed E-state index contributed by atoms with van der Waals surface area (Å²) in [5.74, 6) is -0.0982. The molecular weight excluding hydrogens is 256 g/mol. The molecule has 1 aromatic carbocycles. The number of carbonyl (C=O) groups is 2. The molecule has 0 spiro atoms. The van der Waals surface area contributed by atoms with E-state index in [1.807, 2.05) is 19.1 Å². The molecule has 0 saturated heterocycles. The Morgan fingerprint density at radius 2 is 2.15 bits per heavy atom. The molecular formula is C16H20O4. The molecule has 2 rings (SSSR count). The minimum Gasteiger partial charge on any atom is -0.497 e. The molecule has 0 amide bonds. The third-order valence-electron chi connectivity index (χ3n) is 4.12. The summed E-state index contributed by atoms with van der Waals surface area (Å²) in [6.45, 7) is 2.03. The van der Waals surface area contributed by atoms with Crippen molar-refractivity contribution in [1.82, 2.24) is 0 Å². The quantitative estimate of drug-likeness (QED) is 0.867. The fraction of sp³-hybridized carbons (Fsp3) is 0.500. The van der Waals surface area contributed by atoms with Crippen LogP contribution in [0.2, 0.25) is 0 Å². The van der Waals surface area contributed by atoms with Crippen LogP contribution in [0.1, 0.15) is 48.5 Å². The number of benzene rings is 1. The summed E-state index contributed by atoms with van der Waals surface area (Å²) in [5, 5.41) is 8.91. The third kappa shape index (κ3) is 2.55. The number of hydrogen-bond acceptors (Lipinski definition) is 3. The summed E-state index contributed by atoms with van der Waals surface area (Å²) >= 11 is 0. The summed E-state index contributed by atoms with van der Waals surface area (Å²) in [6, 6.07) is 5.55. The standard InChI is InChI=1S/C16H20O4/c1-3-7-16(8-6-14(17)18)10-11-4-5-12(20-2)9-13(11)15(16)19/h4-5,9H,3,6-8,10H2,1-2H3,(H,17,18)/t16-/m0/s1. The molecule has 1 atom stereocenters. The Morgan fingerprint density at radius 1 is 1.40 bits per heavy atom. The summed E-state index contributed by atoms with van der Waals surface area (Å²) in [7, 11) is 1.57. The highest BCUT2D eigenvalue weighted by atomic mass is 16.5. The molecule has 0 unspecified atom stereocenters. The Labute approximate surface area is 118 Å². The molecule has 0 aromatic heterocycles. The van der Waals surface area contributed by atoms with Crippen molar-refractivity contribution in [2.24, 2.45) is 5.41 Å². The third-order valence-corrected chi connectivity index (χ3v) is 4.12. The van der Waals surface area contributed by atoms with Gasteiger partial charge in [-0.1, -0.05) is 19.4 Å². The van der Waals surface area contributed by atoms with E-state index < -0.39 is 11.4 Å². The molecule has 0 fully saturated rings. The zero-order chi connectivity index (χ0) is 14.8. The number of Topliss-reactive ketones (excluding diaryl/α,β-unsaturated/α-hetero) is 1. The van der Waals surface area contributed by atoms with Gasteiger partial charge in [0.05, 0.1) is 7.11 Å². The minimum absolute atomic E-state index is 0.0386. The van der Waals surface area contributed by atoms with Gasteiger partial charge in [-0.3, -0.25) is 9.59 Å². The average molecular weight is 276 g/mol. The van der Waals surface area contributed by atoms with Crippen LogP contribution in [-0.2, 0) is 11.2 Å². The molecule has 1 aliphatic rings. The van der Waals surface area contributed by atoms with Crippen LogP contribution in [0.25, 0.3) is 0 Å². The van der Waals surface area contributed by atoms with Crippen molar-refractivity contribution in [3.63, 3.8) is 0 Å². The first-order valence-electron chi connectivity index (χ1n) is 6.96. The van der Waals surface area contributed by atoms with Gasteiger partial charge < -0.3 is 9.84 Å². The van der Waals surface area contributed by atoms with Crippen LogP contribution in [0, 0.1) is 5.41 Å². The normalized spacial score (nSPS) is 20.8. The molecule has 20 heavy (non-hydrogen) atoms. The van der Waals surface area contributed by atoms with E-state index in [1.54, 1.807) is 13.2 Å². The first kappa shape index (κ1) is 14.6. The van der Waals surface area contributed by atoms with E-state index in [-0.39, 0.29) is 12.2 Å². The number of rotatable bonds is 6. The Balaban J connectivity index is 2.32. The van der Waals surface area contributed by atoms with Crippen LogP contribution < -0.4 is 4.74 Å². The van der Waals surface area contributed by atoms with Gasteiger partial charge in [0.2, 0.25) is 0 Å². The van der Waals surface area contributed by atoms with E-state index >= 15 is 0 Å². The zero-order valence-electron chi connectivity index (χ0n) is 11.9. The summed E-state index contributed by atoms with van der Waals surface area (Å²) in [6.07, 6.45) is 2.70. The second-order valence-electron chi connectivity index (χ2n) is 5.45. The summed E-state index contributed by atoms with van der Waals surface area (Å²) in [5.41, 5.74) is 1.17. The molecule has 0 radical (unpaired) electrons. The number of hydrogen-bond donors (Lipinski definition) is 1. The molecule has 0 saturated carbocycles. The number of ketones is 1.